The lowest BCUT2D eigenvalue weighted by Crippen LogP contribution is -2.29. The number of benzene rings is 2. The van der Waals surface area contributed by atoms with E-state index in [2.05, 4.69) is 22.3 Å². The molecule has 36 heavy (non-hydrogen) atoms. The van der Waals surface area contributed by atoms with Crippen LogP contribution in [0.2, 0.25) is 0 Å². The van der Waals surface area contributed by atoms with Crippen molar-refractivity contribution in [2.75, 3.05) is 38.4 Å². The standard InChI is InChI=1S/C26H27N3O6S/c1-33-20-9-8-17(12-19(20)27)25(31)35-15-22(30)28-24-23(26(32)34-2)18-10-11-29(14-21(18)36-24)13-16-6-4-3-5-7-16/h3-9,12H,10-11,13-15,27H2,1-2H3,(H,28,30). The van der Waals surface area contributed by atoms with Crippen molar-refractivity contribution in [1.82, 2.24) is 4.90 Å². The molecule has 1 aliphatic rings. The molecular weight excluding hydrogens is 482 g/mol. The molecule has 10 heteroatoms. The SMILES string of the molecule is COC(=O)c1c(NC(=O)COC(=O)c2ccc(OC)c(N)c2)sc2c1CCN(Cc1ccccc1)C2. The number of methoxy groups -OCH3 is 2. The summed E-state index contributed by atoms with van der Waals surface area (Å²) in [5.41, 5.74) is 8.76. The number of ether oxygens (including phenoxy) is 3. The topological polar surface area (TPSA) is 120 Å². The largest absolute Gasteiger partial charge is 0.495 e. The number of anilines is 2. The predicted molar refractivity (Wildman–Crippen MR) is 136 cm³/mol. The Morgan fingerprint density at radius 2 is 1.86 bits per heavy atom. The molecule has 0 fully saturated rings. The van der Waals surface area contributed by atoms with Crippen LogP contribution >= 0.6 is 11.3 Å². The Morgan fingerprint density at radius 3 is 2.56 bits per heavy atom. The summed E-state index contributed by atoms with van der Waals surface area (Å²) in [6, 6.07) is 14.6. The smallest absolute Gasteiger partial charge is 0.341 e. The zero-order valence-electron chi connectivity index (χ0n) is 20.0. The first-order valence-corrected chi connectivity index (χ1v) is 12.1. The maximum atomic E-state index is 12.6. The third-order valence-electron chi connectivity index (χ3n) is 5.83. The molecule has 1 aromatic heterocycles. The number of amides is 1. The third kappa shape index (κ3) is 5.67. The van der Waals surface area contributed by atoms with Crippen LogP contribution in [0.3, 0.4) is 0 Å². The number of nitrogens with one attached hydrogen (secondary N) is 1. The molecule has 3 N–H and O–H groups in total. The molecule has 0 unspecified atom stereocenters. The van der Waals surface area contributed by atoms with Gasteiger partial charge in [-0.2, -0.15) is 0 Å². The minimum absolute atomic E-state index is 0.196. The number of hydrogen-bond acceptors (Lipinski definition) is 9. The van der Waals surface area contributed by atoms with Crippen molar-refractivity contribution in [2.45, 2.75) is 19.5 Å². The summed E-state index contributed by atoms with van der Waals surface area (Å²) in [7, 11) is 2.78. The van der Waals surface area contributed by atoms with Crippen molar-refractivity contribution >= 4 is 39.9 Å². The van der Waals surface area contributed by atoms with Gasteiger partial charge in [-0.15, -0.1) is 11.3 Å². The lowest BCUT2D eigenvalue weighted by Gasteiger charge is -2.27. The molecule has 0 atom stereocenters. The van der Waals surface area contributed by atoms with Crippen LogP contribution < -0.4 is 15.8 Å². The second kappa shape index (κ2) is 11.2. The first-order valence-electron chi connectivity index (χ1n) is 11.3. The van der Waals surface area contributed by atoms with Gasteiger partial charge in [-0.3, -0.25) is 9.69 Å². The molecule has 1 amide bonds. The maximum absolute atomic E-state index is 12.6. The van der Waals surface area contributed by atoms with Crippen molar-refractivity contribution in [1.29, 1.82) is 0 Å². The number of hydrogen-bond donors (Lipinski definition) is 2. The number of nitrogens with two attached hydrogens (primary N) is 1. The molecular formula is C26H27N3O6S. The van der Waals surface area contributed by atoms with Crippen molar-refractivity contribution in [3.63, 3.8) is 0 Å². The van der Waals surface area contributed by atoms with Crippen LogP contribution in [0.25, 0.3) is 0 Å². The monoisotopic (exact) mass is 509 g/mol. The van der Waals surface area contributed by atoms with Crippen molar-refractivity contribution < 1.29 is 28.6 Å². The van der Waals surface area contributed by atoms with E-state index in [4.69, 9.17) is 19.9 Å². The number of fused-ring (bicyclic) bond motifs is 1. The highest BCUT2D eigenvalue weighted by Crippen LogP contribution is 2.38. The Hall–Kier alpha value is -3.89. The zero-order valence-corrected chi connectivity index (χ0v) is 20.9. The minimum Gasteiger partial charge on any atom is -0.495 e. The number of nitrogens with zero attached hydrogens (tertiary/aromatic N) is 1. The average molecular weight is 510 g/mol. The van der Waals surface area contributed by atoms with Gasteiger partial charge in [-0.1, -0.05) is 30.3 Å². The van der Waals surface area contributed by atoms with E-state index in [1.807, 2.05) is 18.2 Å². The van der Waals surface area contributed by atoms with E-state index in [0.29, 0.717) is 29.3 Å². The van der Waals surface area contributed by atoms with E-state index in [9.17, 15) is 14.4 Å². The molecule has 0 aliphatic carbocycles. The molecule has 4 rings (SSSR count). The summed E-state index contributed by atoms with van der Waals surface area (Å²) in [5, 5.41) is 3.11. The van der Waals surface area contributed by atoms with Gasteiger partial charge >= 0.3 is 11.9 Å². The van der Waals surface area contributed by atoms with Crippen molar-refractivity contribution in [2.24, 2.45) is 0 Å². The molecule has 3 aromatic rings. The molecule has 9 nitrogen and oxygen atoms in total. The van der Waals surface area contributed by atoms with Gasteiger partial charge in [-0.25, -0.2) is 9.59 Å². The van der Waals surface area contributed by atoms with E-state index in [1.165, 1.54) is 43.3 Å². The van der Waals surface area contributed by atoms with Gasteiger partial charge in [-0.05, 0) is 35.7 Å². The quantitative estimate of drug-likeness (QED) is 0.350. The highest BCUT2D eigenvalue weighted by atomic mass is 32.1. The van der Waals surface area contributed by atoms with Crippen LogP contribution in [0.4, 0.5) is 10.7 Å². The van der Waals surface area contributed by atoms with E-state index < -0.39 is 24.5 Å². The van der Waals surface area contributed by atoms with Gasteiger partial charge in [0.25, 0.3) is 5.91 Å². The lowest BCUT2D eigenvalue weighted by atomic mass is 10.0. The Bertz CT molecular complexity index is 1270. The normalized spacial score (nSPS) is 12.9. The van der Waals surface area contributed by atoms with Crippen molar-refractivity contribution in [3.8, 4) is 5.75 Å². The van der Waals surface area contributed by atoms with E-state index in [0.717, 1.165) is 23.5 Å². The predicted octanol–water partition coefficient (Wildman–Crippen LogP) is 3.48. The third-order valence-corrected chi connectivity index (χ3v) is 6.96. The molecule has 2 heterocycles. The van der Waals surface area contributed by atoms with Gasteiger partial charge in [0.1, 0.15) is 10.8 Å². The van der Waals surface area contributed by atoms with Crippen LogP contribution in [0.1, 0.15) is 36.7 Å². The summed E-state index contributed by atoms with van der Waals surface area (Å²) >= 11 is 1.34. The molecule has 2 aromatic carbocycles. The molecule has 188 valence electrons. The minimum atomic E-state index is -0.699. The number of nitrogen functional groups attached to an aromatic ring is 1. The van der Waals surface area contributed by atoms with Crippen LogP contribution in [-0.4, -0.2) is 50.1 Å². The summed E-state index contributed by atoms with van der Waals surface area (Å²) in [4.78, 5) is 40.8. The Balaban J connectivity index is 1.43. The van der Waals surface area contributed by atoms with E-state index in [-0.39, 0.29) is 11.3 Å². The molecule has 1 aliphatic heterocycles. The molecule has 0 bridgehead atoms. The number of esters is 2. The number of carbonyl (C=O) groups is 3. The Labute approximate surface area is 212 Å². The van der Waals surface area contributed by atoms with Gasteiger partial charge in [0.2, 0.25) is 0 Å². The number of carbonyl (C=O) groups excluding carboxylic acids is 3. The fraction of sp³-hybridized carbons (Fsp3) is 0.269. The molecule has 0 saturated carbocycles. The van der Waals surface area contributed by atoms with Gasteiger partial charge in [0.05, 0.1) is 31.0 Å². The highest BCUT2D eigenvalue weighted by molar-refractivity contribution is 7.17. The second-order valence-corrected chi connectivity index (χ2v) is 9.33. The molecule has 0 spiro atoms. The fourth-order valence-electron chi connectivity index (χ4n) is 4.08. The van der Waals surface area contributed by atoms with Crippen LogP contribution in [-0.2, 0) is 33.8 Å². The van der Waals surface area contributed by atoms with Gasteiger partial charge in [0.15, 0.2) is 6.61 Å². The fourth-order valence-corrected chi connectivity index (χ4v) is 5.37. The van der Waals surface area contributed by atoms with Crippen LogP contribution in [0, 0.1) is 0 Å². The zero-order chi connectivity index (χ0) is 25.7. The first kappa shape index (κ1) is 25.2. The number of thiophene rings is 1. The van der Waals surface area contributed by atoms with Gasteiger partial charge in [0, 0.05) is 24.5 Å². The molecule has 0 radical (unpaired) electrons. The van der Waals surface area contributed by atoms with Crippen LogP contribution in [0.15, 0.2) is 48.5 Å². The first-order chi connectivity index (χ1) is 17.4. The summed E-state index contributed by atoms with van der Waals surface area (Å²) < 4.78 is 15.2. The summed E-state index contributed by atoms with van der Waals surface area (Å²) in [6.07, 6.45) is 0.660. The second-order valence-electron chi connectivity index (χ2n) is 8.23. The summed E-state index contributed by atoms with van der Waals surface area (Å²) in [5.74, 6) is -1.34. The number of rotatable bonds is 8. The average Bonchev–Trinajstić information content (AvgIpc) is 3.24. The highest BCUT2D eigenvalue weighted by Gasteiger charge is 2.29. The van der Waals surface area contributed by atoms with E-state index in [1.54, 1.807) is 6.07 Å². The Kier molecular flexibility index (Phi) is 7.87. The maximum Gasteiger partial charge on any atom is 0.341 e. The van der Waals surface area contributed by atoms with E-state index >= 15 is 0 Å². The molecule has 0 saturated heterocycles. The lowest BCUT2D eigenvalue weighted by molar-refractivity contribution is -0.119. The van der Waals surface area contributed by atoms with Gasteiger partial charge < -0.3 is 25.3 Å². The van der Waals surface area contributed by atoms with Crippen LogP contribution in [0.5, 0.6) is 5.75 Å². The Morgan fingerprint density at radius 1 is 1.08 bits per heavy atom. The van der Waals surface area contributed by atoms with Crippen molar-refractivity contribution in [3.05, 3.63) is 75.7 Å². The summed E-state index contributed by atoms with van der Waals surface area (Å²) in [6.45, 7) is 1.70.